The summed E-state index contributed by atoms with van der Waals surface area (Å²) in [4.78, 5) is 10.9. The average Bonchev–Trinajstić information content (AvgIpc) is 2.46. The number of halogens is 2. The minimum absolute atomic E-state index is 0.0938. The topological polar surface area (TPSA) is 52.4 Å². The molecule has 1 atom stereocenters. The lowest BCUT2D eigenvalue weighted by atomic mass is 10.0. The van der Waals surface area contributed by atoms with Crippen molar-refractivity contribution in [1.82, 2.24) is 0 Å². The van der Waals surface area contributed by atoms with Gasteiger partial charge in [-0.25, -0.2) is 0 Å². The molecule has 0 bridgehead atoms. The highest BCUT2D eigenvalue weighted by Crippen LogP contribution is 2.42. The summed E-state index contributed by atoms with van der Waals surface area (Å²) in [6.07, 6.45) is 0.555. The van der Waals surface area contributed by atoms with E-state index in [9.17, 15) is 10.1 Å². The van der Waals surface area contributed by atoms with Gasteiger partial charge in [-0.15, -0.1) is 0 Å². The average molecular weight is 322 g/mol. The van der Waals surface area contributed by atoms with Crippen molar-refractivity contribution < 1.29 is 9.66 Å². The molecule has 106 valence electrons. The molecule has 2 aromatic rings. The number of ether oxygens (including phenoxy) is 1. The van der Waals surface area contributed by atoms with E-state index < -0.39 is 11.0 Å². The van der Waals surface area contributed by atoms with E-state index in [4.69, 9.17) is 27.9 Å². The van der Waals surface area contributed by atoms with Crippen LogP contribution in [0.1, 0.15) is 17.2 Å². The van der Waals surface area contributed by atoms with Gasteiger partial charge in [-0.3, -0.25) is 10.1 Å². The Balaban J connectivity index is 2.17. The molecule has 3 rings (SSSR count). The van der Waals surface area contributed by atoms with Crippen LogP contribution >= 0.6 is 23.2 Å². The van der Waals surface area contributed by atoms with Crippen LogP contribution in [0, 0.1) is 10.1 Å². The van der Waals surface area contributed by atoms with Crippen LogP contribution in [0.25, 0.3) is 6.08 Å². The predicted octanol–water partition coefficient (Wildman–Crippen LogP) is 4.74. The van der Waals surface area contributed by atoms with E-state index in [1.807, 2.05) is 0 Å². The summed E-state index contributed by atoms with van der Waals surface area (Å²) >= 11 is 12.3. The molecule has 0 unspecified atom stereocenters. The Morgan fingerprint density at radius 3 is 2.38 bits per heavy atom. The third kappa shape index (κ3) is 2.48. The minimum Gasteiger partial charge on any atom is -0.474 e. The van der Waals surface area contributed by atoms with Crippen molar-refractivity contribution in [2.45, 2.75) is 6.10 Å². The van der Waals surface area contributed by atoms with E-state index in [-0.39, 0.29) is 5.70 Å². The number of nitro groups is 1. The molecule has 21 heavy (non-hydrogen) atoms. The maximum absolute atomic E-state index is 11.3. The van der Waals surface area contributed by atoms with Gasteiger partial charge in [-0.2, -0.15) is 0 Å². The summed E-state index contributed by atoms with van der Waals surface area (Å²) in [6.45, 7) is 0. The third-order valence-corrected chi connectivity index (χ3v) is 3.87. The number of rotatable bonds is 2. The number of hydrogen-bond acceptors (Lipinski definition) is 3. The van der Waals surface area contributed by atoms with Gasteiger partial charge in [0.15, 0.2) is 0 Å². The molecule has 0 amide bonds. The Hall–Kier alpha value is -2.04. The van der Waals surface area contributed by atoms with Gasteiger partial charge < -0.3 is 4.74 Å². The quantitative estimate of drug-likeness (QED) is 0.592. The highest BCUT2D eigenvalue weighted by molar-refractivity contribution is 6.36. The van der Waals surface area contributed by atoms with Gasteiger partial charge in [-0.1, -0.05) is 47.5 Å². The highest BCUT2D eigenvalue weighted by atomic mass is 35.5. The van der Waals surface area contributed by atoms with Crippen LogP contribution in [0.2, 0.25) is 10.0 Å². The number of nitrogens with zero attached hydrogens (tertiary/aromatic N) is 1. The second kappa shape index (κ2) is 5.39. The molecule has 1 aliphatic heterocycles. The monoisotopic (exact) mass is 321 g/mol. The first-order valence-electron chi connectivity index (χ1n) is 6.13. The van der Waals surface area contributed by atoms with E-state index in [0.717, 1.165) is 0 Å². The van der Waals surface area contributed by atoms with E-state index >= 15 is 0 Å². The molecule has 6 heteroatoms. The van der Waals surface area contributed by atoms with Gasteiger partial charge >= 0.3 is 0 Å². The largest absolute Gasteiger partial charge is 0.474 e. The zero-order valence-electron chi connectivity index (χ0n) is 10.6. The van der Waals surface area contributed by atoms with E-state index in [2.05, 4.69) is 0 Å². The summed E-state index contributed by atoms with van der Waals surface area (Å²) in [5.41, 5.74) is 0.964. The maximum atomic E-state index is 11.3. The predicted molar refractivity (Wildman–Crippen MR) is 81.2 cm³/mol. The Morgan fingerprint density at radius 1 is 1.05 bits per heavy atom. The Morgan fingerprint density at radius 2 is 1.71 bits per heavy atom. The van der Waals surface area contributed by atoms with Crippen LogP contribution in [0.15, 0.2) is 48.2 Å². The summed E-state index contributed by atoms with van der Waals surface area (Å²) in [5, 5.41) is 12.0. The van der Waals surface area contributed by atoms with Crippen LogP contribution in [0.5, 0.6) is 5.75 Å². The van der Waals surface area contributed by atoms with Gasteiger partial charge in [0, 0.05) is 27.2 Å². The minimum atomic E-state index is -0.934. The second-order valence-corrected chi connectivity index (χ2v) is 5.31. The fourth-order valence-corrected chi connectivity index (χ4v) is 2.84. The molecule has 0 spiro atoms. The molecule has 0 N–H and O–H groups in total. The SMILES string of the molecule is O=[N+]([O-])C1=Cc2ccccc2O[C@@H]1c1c(Cl)cccc1Cl. The van der Waals surface area contributed by atoms with Crippen molar-refractivity contribution in [2.24, 2.45) is 0 Å². The van der Waals surface area contributed by atoms with Gasteiger partial charge in [0.05, 0.1) is 4.92 Å². The summed E-state index contributed by atoms with van der Waals surface area (Å²) in [7, 11) is 0. The molecule has 0 aliphatic carbocycles. The molecule has 0 fully saturated rings. The number of fused-ring (bicyclic) bond motifs is 1. The maximum Gasteiger partial charge on any atom is 0.291 e. The Bertz CT molecular complexity index is 738. The first kappa shape index (κ1) is 13.9. The van der Waals surface area contributed by atoms with Gasteiger partial charge in [0.1, 0.15) is 5.75 Å². The normalized spacial score (nSPS) is 16.7. The molecule has 0 radical (unpaired) electrons. The van der Waals surface area contributed by atoms with Gasteiger partial charge in [-0.05, 0) is 18.2 Å². The lowest BCUT2D eigenvalue weighted by Gasteiger charge is -2.23. The van der Waals surface area contributed by atoms with Gasteiger partial charge in [0.2, 0.25) is 6.10 Å². The zero-order valence-corrected chi connectivity index (χ0v) is 12.1. The Kier molecular flexibility index (Phi) is 3.57. The van der Waals surface area contributed by atoms with Crippen molar-refractivity contribution >= 4 is 29.3 Å². The Labute approximate surface area is 130 Å². The van der Waals surface area contributed by atoms with Crippen molar-refractivity contribution in [3.63, 3.8) is 0 Å². The smallest absolute Gasteiger partial charge is 0.291 e. The number of benzene rings is 2. The second-order valence-electron chi connectivity index (χ2n) is 4.50. The molecular formula is C15H9Cl2NO3. The van der Waals surface area contributed by atoms with Crippen LogP contribution < -0.4 is 4.74 Å². The highest BCUT2D eigenvalue weighted by Gasteiger charge is 2.35. The van der Waals surface area contributed by atoms with Crippen molar-refractivity contribution in [3.05, 3.63) is 79.4 Å². The van der Waals surface area contributed by atoms with Crippen molar-refractivity contribution in [3.8, 4) is 5.75 Å². The molecule has 0 saturated carbocycles. The lowest BCUT2D eigenvalue weighted by Crippen LogP contribution is -2.20. The molecule has 2 aromatic carbocycles. The molecule has 4 nitrogen and oxygen atoms in total. The van der Waals surface area contributed by atoms with E-state index in [1.54, 1.807) is 42.5 Å². The molecule has 1 aliphatic rings. The summed E-state index contributed by atoms with van der Waals surface area (Å²) < 4.78 is 5.77. The van der Waals surface area contributed by atoms with Crippen molar-refractivity contribution in [2.75, 3.05) is 0 Å². The molecule has 0 saturated heterocycles. The number of para-hydroxylation sites is 1. The van der Waals surface area contributed by atoms with Gasteiger partial charge in [0.25, 0.3) is 5.70 Å². The van der Waals surface area contributed by atoms with Crippen LogP contribution in [-0.4, -0.2) is 4.92 Å². The molecule has 0 aromatic heterocycles. The fraction of sp³-hybridized carbons (Fsp3) is 0.0667. The first-order chi connectivity index (χ1) is 10.1. The van der Waals surface area contributed by atoms with Crippen LogP contribution in [0.3, 0.4) is 0 Å². The third-order valence-electron chi connectivity index (χ3n) is 3.21. The molecular weight excluding hydrogens is 313 g/mol. The van der Waals surface area contributed by atoms with Crippen LogP contribution in [0.4, 0.5) is 0 Å². The van der Waals surface area contributed by atoms with Crippen molar-refractivity contribution in [1.29, 1.82) is 0 Å². The molecule has 1 heterocycles. The summed E-state index contributed by atoms with van der Waals surface area (Å²) in [6, 6.07) is 12.0. The number of hydrogen-bond donors (Lipinski definition) is 0. The van der Waals surface area contributed by atoms with E-state index in [0.29, 0.717) is 26.9 Å². The van der Waals surface area contributed by atoms with E-state index in [1.165, 1.54) is 6.08 Å². The zero-order chi connectivity index (χ0) is 15.0. The van der Waals surface area contributed by atoms with Crippen LogP contribution in [-0.2, 0) is 0 Å². The standard InChI is InChI=1S/C15H9Cl2NO3/c16-10-5-3-6-11(17)14(10)15-12(18(19)20)8-9-4-1-2-7-13(9)21-15/h1-8,15H/t15-/m0/s1. The fourth-order valence-electron chi connectivity index (χ4n) is 2.25. The summed E-state index contributed by atoms with van der Waals surface area (Å²) in [5.74, 6) is 0.559. The first-order valence-corrected chi connectivity index (χ1v) is 6.89. The lowest BCUT2D eigenvalue weighted by molar-refractivity contribution is -0.434.